The van der Waals surface area contributed by atoms with Gasteiger partial charge in [0.15, 0.2) is 0 Å². The van der Waals surface area contributed by atoms with E-state index < -0.39 is 20.0 Å². The van der Waals surface area contributed by atoms with Gasteiger partial charge in [-0.15, -0.1) is 0 Å². The second-order valence-electron chi connectivity index (χ2n) is 8.85. The Morgan fingerprint density at radius 1 is 0.622 bits per heavy atom. The summed E-state index contributed by atoms with van der Waals surface area (Å²) in [6.07, 6.45) is 0.946. The topological polar surface area (TPSA) is 108 Å². The van der Waals surface area contributed by atoms with E-state index in [0.717, 1.165) is 49.1 Å². The van der Waals surface area contributed by atoms with Crippen LogP contribution in [0.1, 0.15) is 6.42 Å². The van der Waals surface area contributed by atoms with Gasteiger partial charge in [0.2, 0.25) is 0 Å². The predicted octanol–water partition coefficient (Wildman–Crippen LogP) is 4.24. The van der Waals surface area contributed by atoms with Crippen molar-refractivity contribution in [3.05, 3.63) is 91.0 Å². The Morgan fingerprint density at radius 3 is 2.14 bits per heavy atom. The fourth-order valence-corrected chi connectivity index (χ4v) is 6.55. The number of rotatable bonds is 7. The van der Waals surface area contributed by atoms with Crippen LogP contribution in [0, 0.1) is 0 Å². The maximum Gasteiger partial charge on any atom is 0.261 e. The first-order valence-corrected chi connectivity index (χ1v) is 15.0. The van der Waals surface area contributed by atoms with E-state index in [2.05, 4.69) is 19.7 Å². The molecule has 192 valence electrons. The Balaban J connectivity index is 1.52. The minimum Gasteiger partial charge on any atom is -0.370 e. The third-order valence-corrected chi connectivity index (χ3v) is 9.03. The first-order chi connectivity index (χ1) is 17.8. The van der Waals surface area contributed by atoms with Crippen LogP contribution in [-0.4, -0.2) is 43.0 Å². The first-order valence-electron chi connectivity index (χ1n) is 12.0. The van der Waals surface area contributed by atoms with E-state index in [1.165, 1.54) is 18.2 Å². The van der Waals surface area contributed by atoms with Crippen LogP contribution in [0.5, 0.6) is 0 Å². The van der Waals surface area contributed by atoms with Crippen molar-refractivity contribution in [2.75, 3.05) is 40.5 Å². The standard InChI is InChI=1S/C27H28N4O4S2/c32-36(33,24-9-2-1-3-10-24)30-27-20-23(31-17-6-15-28-16-18-31)12-14-26(27)29-37(34,35)25-13-11-21-7-4-5-8-22(21)19-25/h1-5,7-14,19-20,28-30H,6,15-18H2. The molecule has 0 aliphatic carbocycles. The summed E-state index contributed by atoms with van der Waals surface area (Å²) < 4.78 is 58.3. The van der Waals surface area contributed by atoms with Gasteiger partial charge in [-0.2, -0.15) is 0 Å². The molecule has 0 radical (unpaired) electrons. The molecule has 0 amide bonds. The molecule has 0 unspecified atom stereocenters. The summed E-state index contributed by atoms with van der Waals surface area (Å²) in [5.41, 5.74) is 1.11. The molecule has 5 rings (SSSR count). The number of benzene rings is 4. The second kappa shape index (κ2) is 10.4. The van der Waals surface area contributed by atoms with Gasteiger partial charge in [-0.1, -0.05) is 48.5 Å². The highest BCUT2D eigenvalue weighted by molar-refractivity contribution is 7.93. The zero-order valence-electron chi connectivity index (χ0n) is 20.1. The molecule has 8 nitrogen and oxygen atoms in total. The highest BCUT2D eigenvalue weighted by Crippen LogP contribution is 2.32. The molecule has 0 saturated carbocycles. The van der Waals surface area contributed by atoms with E-state index in [1.807, 2.05) is 30.3 Å². The van der Waals surface area contributed by atoms with Gasteiger partial charge in [0.1, 0.15) is 0 Å². The summed E-state index contributed by atoms with van der Waals surface area (Å²) in [5, 5.41) is 5.07. The zero-order chi connectivity index (χ0) is 25.9. The van der Waals surface area contributed by atoms with Crippen LogP contribution in [-0.2, 0) is 20.0 Å². The molecule has 1 heterocycles. The van der Waals surface area contributed by atoms with E-state index in [1.54, 1.807) is 42.5 Å². The van der Waals surface area contributed by atoms with Crippen molar-refractivity contribution in [3.63, 3.8) is 0 Å². The van der Waals surface area contributed by atoms with Gasteiger partial charge in [-0.05, 0) is 66.2 Å². The van der Waals surface area contributed by atoms with Gasteiger partial charge in [0, 0.05) is 25.3 Å². The van der Waals surface area contributed by atoms with Crippen molar-refractivity contribution in [3.8, 4) is 0 Å². The maximum absolute atomic E-state index is 13.4. The number of sulfonamides is 2. The van der Waals surface area contributed by atoms with Crippen LogP contribution >= 0.6 is 0 Å². The Kier molecular flexibility index (Phi) is 7.05. The third kappa shape index (κ3) is 5.71. The maximum atomic E-state index is 13.4. The molecule has 4 aromatic rings. The van der Waals surface area contributed by atoms with Crippen molar-refractivity contribution in [1.29, 1.82) is 0 Å². The molecule has 0 bridgehead atoms. The van der Waals surface area contributed by atoms with Crippen molar-refractivity contribution in [1.82, 2.24) is 5.32 Å². The van der Waals surface area contributed by atoms with Gasteiger partial charge in [-0.3, -0.25) is 9.44 Å². The van der Waals surface area contributed by atoms with Crippen LogP contribution in [0.4, 0.5) is 17.1 Å². The molecular weight excluding hydrogens is 508 g/mol. The van der Waals surface area contributed by atoms with Gasteiger partial charge in [0.25, 0.3) is 20.0 Å². The fraction of sp³-hybridized carbons (Fsp3) is 0.185. The Morgan fingerprint density at radius 2 is 1.32 bits per heavy atom. The average molecular weight is 537 g/mol. The van der Waals surface area contributed by atoms with Crippen LogP contribution < -0.4 is 19.7 Å². The number of fused-ring (bicyclic) bond motifs is 1. The SMILES string of the molecule is O=S(=O)(Nc1ccc(N2CCCNCC2)cc1NS(=O)(=O)c1ccccc1)c1ccc2ccccc2c1. The van der Waals surface area contributed by atoms with E-state index in [-0.39, 0.29) is 21.2 Å². The van der Waals surface area contributed by atoms with E-state index in [9.17, 15) is 16.8 Å². The van der Waals surface area contributed by atoms with E-state index in [0.29, 0.717) is 0 Å². The Hall–Kier alpha value is -3.60. The van der Waals surface area contributed by atoms with Gasteiger partial charge < -0.3 is 10.2 Å². The number of anilines is 3. The van der Waals surface area contributed by atoms with Crippen LogP contribution in [0.25, 0.3) is 10.8 Å². The van der Waals surface area contributed by atoms with Crippen molar-refractivity contribution in [2.45, 2.75) is 16.2 Å². The smallest absolute Gasteiger partial charge is 0.261 e. The lowest BCUT2D eigenvalue weighted by Crippen LogP contribution is -2.28. The number of nitrogens with one attached hydrogen (secondary N) is 3. The highest BCUT2D eigenvalue weighted by Gasteiger charge is 2.22. The van der Waals surface area contributed by atoms with Crippen molar-refractivity contribution in [2.24, 2.45) is 0 Å². The second-order valence-corrected chi connectivity index (χ2v) is 12.2. The molecule has 0 spiro atoms. The van der Waals surface area contributed by atoms with Gasteiger partial charge >= 0.3 is 0 Å². The summed E-state index contributed by atoms with van der Waals surface area (Å²) in [6.45, 7) is 3.28. The summed E-state index contributed by atoms with van der Waals surface area (Å²) in [4.78, 5) is 2.33. The summed E-state index contributed by atoms with van der Waals surface area (Å²) in [5.74, 6) is 0. The van der Waals surface area contributed by atoms with Crippen LogP contribution in [0.15, 0.2) is 101 Å². The molecule has 1 aliphatic heterocycles. The average Bonchev–Trinajstić information content (AvgIpc) is 3.19. The predicted molar refractivity (Wildman–Crippen MR) is 148 cm³/mol. The number of hydrogen-bond donors (Lipinski definition) is 3. The number of hydrogen-bond acceptors (Lipinski definition) is 6. The quantitative estimate of drug-likeness (QED) is 0.326. The molecule has 0 aromatic heterocycles. The minimum atomic E-state index is -4.00. The lowest BCUT2D eigenvalue weighted by atomic mass is 10.1. The van der Waals surface area contributed by atoms with Crippen molar-refractivity contribution < 1.29 is 16.8 Å². The van der Waals surface area contributed by atoms with Crippen molar-refractivity contribution >= 4 is 47.9 Å². The molecule has 1 saturated heterocycles. The van der Waals surface area contributed by atoms with Gasteiger partial charge in [0.05, 0.1) is 21.2 Å². The highest BCUT2D eigenvalue weighted by atomic mass is 32.2. The molecule has 1 aliphatic rings. The Bertz CT molecular complexity index is 1620. The summed E-state index contributed by atoms with van der Waals surface area (Å²) in [6, 6.07) is 25.5. The molecular formula is C27H28N4O4S2. The first kappa shape index (κ1) is 25.1. The number of nitrogens with zero attached hydrogens (tertiary/aromatic N) is 1. The monoisotopic (exact) mass is 536 g/mol. The zero-order valence-corrected chi connectivity index (χ0v) is 21.7. The lowest BCUT2D eigenvalue weighted by Gasteiger charge is -2.24. The third-order valence-electron chi connectivity index (χ3n) is 6.28. The largest absolute Gasteiger partial charge is 0.370 e. The molecule has 10 heteroatoms. The Labute approximate surface area is 217 Å². The molecule has 3 N–H and O–H groups in total. The molecule has 37 heavy (non-hydrogen) atoms. The molecule has 0 atom stereocenters. The van der Waals surface area contributed by atoms with Crippen LogP contribution in [0.3, 0.4) is 0 Å². The summed E-state index contributed by atoms with van der Waals surface area (Å²) in [7, 11) is -7.95. The molecule has 4 aromatic carbocycles. The molecule has 1 fully saturated rings. The lowest BCUT2D eigenvalue weighted by molar-refractivity contribution is 0.599. The minimum absolute atomic E-state index is 0.0858. The van der Waals surface area contributed by atoms with Gasteiger partial charge in [-0.25, -0.2) is 16.8 Å². The van der Waals surface area contributed by atoms with Crippen LogP contribution in [0.2, 0.25) is 0 Å². The normalized spacial score (nSPS) is 14.8. The van der Waals surface area contributed by atoms with E-state index >= 15 is 0 Å². The summed E-state index contributed by atoms with van der Waals surface area (Å²) >= 11 is 0. The van der Waals surface area contributed by atoms with E-state index in [4.69, 9.17) is 0 Å². The fourth-order valence-electron chi connectivity index (χ4n) is 4.35.